The first-order chi connectivity index (χ1) is 8.42. The molecule has 0 atom stereocenters. The average Bonchev–Trinajstić information content (AvgIpc) is 3.00. The van der Waals surface area contributed by atoms with Crippen LogP contribution in [0.3, 0.4) is 0 Å². The van der Waals surface area contributed by atoms with Gasteiger partial charge in [0, 0.05) is 37.3 Å². The van der Waals surface area contributed by atoms with Crippen LogP contribution in [0.1, 0.15) is 11.5 Å². The van der Waals surface area contributed by atoms with Gasteiger partial charge in [0.25, 0.3) is 0 Å². The zero-order chi connectivity index (χ0) is 11.5. The van der Waals surface area contributed by atoms with Gasteiger partial charge in [-0.3, -0.25) is 4.40 Å². The van der Waals surface area contributed by atoms with Crippen LogP contribution in [0.25, 0.3) is 4.96 Å². The molecule has 0 amide bonds. The summed E-state index contributed by atoms with van der Waals surface area (Å²) in [5.74, 6) is 0.725. The van der Waals surface area contributed by atoms with E-state index in [1.807, 2.05) is 22.2 Å². The van der Waals surface area contributed by atoms with Gasteiger partial charge in [-0.25, -0.2) is 4.98 Å². The van der Waals surface area contributed by atoms with Crippen molar-refractivity contribution in [3.63, 3.8) is 0 Å². The van der Waals surface area contributed by atoms with Gasteiger partial charge >= 0.3 is 0 Å². The van der Waals surface area contributed by atoms with Gasteiger partial charge in [-0.1, -0.05) is 5.16 Å². The smallest absolute Gasteiger partial charge is 0.213 e. The van der Waals surface area contributed by atoms with E-state index in [1.54, 1.807) is 11.3 Å². The summed E-state index contributed by atoms with van der Waals surface area (Å²) in [5.41, 5.74) is 1.05. The number of hydrogen-bond acceptors (Lipinski definition) is 6. The van der Waals surface area contributed by atoms with Crippen molar-refractivity contribution in [3.8, 4) is 0 Å². The molecule has 3 rings (SSSR count). The number of rotatable bonds is 5. The molecule has 7 heteroatoms. The Kier molecular flexibility index (Phi) is 2.85. The molecule has 1 N–H and O–H groups in total. The number of hydrogen-bond donors (Lipinski definition) is 1. The van der Waals surface area contributed by atoms with Gasteiger partial charge in [-0.05, 0) is 0 Å². The first-order valence-corrected chi connectivity index (χ1v) is 6.17. The van der Waals surface area contributed by atoms with E-state index < -0.39 is 0 Å². The van der Waals surface area contributed by atoms with Crippen molar-refractivity contribution in [2.75, 3.05) is 6.54 Å². The monoisotopic (exact) mass is 249 g/mol. The number of nitrogens with one attached hydrogen (secondary N) is 1. The molecule has 0 aromatic carbocycles. The summed E-state index contributed by atoms with van der Waals surface area (Å²) in [6.07, 6.45) is 6.15. The van der Waals surface area contributed by atoms with Crippen LogP contribution >= 0.6 is 11.3 Å². The van der Waals surface area contributed by atoms with Crippen LogP contribution in [0, 0.1) is 0 Å². The summed E-state index contributed by atoms with van der Waals surface area (Å²) in [5, 5.41) is 9.06. The Balaban J connectivity index is 1.49. The lowest BCUT2D eigenvalue weighted by Gasteiger charge is -1.98. The first-order valence-electron chi connectivity index (χ1n) is 5.29. The van der Waals surface area contributed by atoms with E-state index in [4.69, 9.17) is 0 Å². The predicted molar refractivity (Wildman–Crippen MR) is 62.8 cm³/mol. The van der Waals surface area contributed by atoms with Crippen molar-refractivity contribution in [3.05, 3.63) is 35.7 Å². The van der Waals surface area contributed by atoms with Gasteiger partial charge in [0.1, 0.15) is 0 Å². The molecule has 0 spiro atoms. The highest BCUT2D eigenvalue weighted by atomic mass is 32.1. The van der Waals surface area contributed by atoms with E-state index in [9.17, 15) is 0 Å². The summed E-state index contributed by atoms with van der Waals surface area (Å²) in [6, 6.07) is 0. The molecule has 0 saturated carbocycles. The molecule has 88 valence electrons. The quantitative estimate of drug-likeness (QED) is 0.686. The van der Waals surface area contributed by atoms with Crippen LogP contribution < -0.4 is 5.32 Å². The van der Waals surface area contributed by atoms with Crippen LogP contribution in [0.4, 0.5) is 0 Å². The SMILES string of the molecule is c1nc(CCNCc2cn3ccsc3n2)no1. The van der Waals surface area contributed by atoms with Gasteiger partial charge in [0.15, 0.2) is 10.8 Å². The summed E-state index contributed by atoms with van der Waals surface area (Å²) >= 11 is 1.64. The van der Waals surface area contributed by atoms with E-state index >= 15 is 0 Å². The molecule has 6 nitrogen and oxygen atoms in total. The third-order valence-corrected chi connectivity index (χ3v) is 3.15. The van der Waals surface area contributed by atoms with Crippen molar-refractivity contribution in [1.29, 1.82) is 0 Å². The third kappa shape index (κ3) is 2.34. The number of thiazole rings is 1. The predicted octanol–water partition coefficient (Wildman–Crippen LogP) is 1.11. The van der Waals surface area contributed by atoms with E-state index in [-0.39, 0.29) is 0 Å². The maximum Gasteiger partial charge on any atom is 0.213 e. The molecule has 0 aliphatic rings. The van der Waals surface area contributed by atoms with Gasteiger partial charge in [-0.15, -0.1) is 11.3 Å². The molecule has 3 heterocycles. The van der Waals surface area contributed by atoms with Gasteiger partial charge in [-0.2, -0.15) is 4.98 Å². The highest BCUT2D eigenvalue weighted by molar-refractivity contribution is 7.15. The number of imidazole rings is 1. The number of fused-ring (bicyclic) bond motifs is 1. The topological polar surface area (TPSA) is 68.2 Å². The lowest BCUT2D eigenvalue weighted by molar-refractivity contribution is 0.409. The molecule has 17 heavy (non-hydrogen) atoms. The van der Waals surface area contributed by atoms with Crippen LogP contribution in [-0.2, 0) is 13.0 Å². The second-order valence-corrected chi connectivity index (χ2v) is 4.47. The van der Waals surface area contributed by atoms with Crippen LogP contribution in [0.15, 0.2) is 28.7 Å². The lowest BCUT2D eigenvalue weighted by Crippen LogP contribution is -2.17. The highest BCUT2D eigenvalue weighted by Gasteiger charge is 2.02. The van der Waals surface area contributed by atoms with Crippen LogP contribution in [-0.4, -0.2) is 26.1 Å². The van der Waals surface area contributed by atoms with Gasteiger partial charge in [0.2, 0.25) is 6.39 Å². The second-order valence-electron chi connectivity index (χ2n) is 3.60. The highest BCUT2D eigenvalue weighted by Crippen LogP contribution is 2.10. The van der Waals surface area contributed by atoms with Crippen molar-refractivity contribution < 1.29 is 4.52 Å². The summed E-state index contributed by atoms with van der Waals surface area (Å²) < 4.78 is 6.68. The van der Waals surface area contributed by atoms with Crippen molar-refractivity contribution in [1.82, 2.24) is 24.8 Å². The van der Waals surface area contributed by atoms with E-state index in [2.05, 4.69) is 25.0 Å². The third-order valence-electron chi connectivity index (χ3n) is 2.38. The normalized spacial score (nSPS) is 11.3. The number of nitrogens with zero attached hydrogens (tertiary/aromatic N) is 4. The number of aromatic nitrogens is 4. The fourth-order valence-electron chi connectivity index (χ4n) is 1.58. The largest absolute Gasteiger partial charge is 0.343 e. The van der Waals surface area contributed by atoms with Crippen LogP contribution in [0.2, 0.25) is 0 Å². The molecule has 0 unspecified atom stereocenters. The maximum atomic E-state index is 4.66. The summed E-state index contributed by atoms with van der Waals surface area (Å²) in [6.45, 7) is 1.57. The molecule has 0 fully saturated rings. The maximum absolute atomic E-state index is 4.66. The minimum atomic E-state index is 0.725. The minimum absolute atomic E-state index is 0.725. The summed E-state index contributed by atoms with van der Waals surface area (Å²) in [7, 11) is 0. The Morgan fingerprint density at radius 2 is 2.47 bits per heavy atom. The second kappa shape index (κ2) is 4.64. The molecule has 0 saturated heterocycles. The minimum Gasteiger partial charge on any atom is -0.343 e. The zero-order valence-corrected chi connectivity index (χ0v) is 9.85. The Morgan fingerprint density at radius 3 is 3.29 bits per heavy atom. The van der Waals surface area contributed by atoms with Crippen molar-refractivity contribution >= 4 is 16.3 Å². The van der Waals surface area contributed by atoms with E-state index in [0.29, 0.717) is 0 Å². The fraction of sp³-hybridized carbons (Fsp3) is 0.300. The average molecular weight is 249 g/mol. The zero-order valence-electron chi connectivity index (χ0n) is 9.04. The molecule has 0 radical (unpaired) electrons. The van der Waals surface area contributed by atoms with Crippen molar-refractivity contribution in [2.24, 2.45) is 0 Å². The molecule has 3 aromatic rings. The van der Waals surface area contributed by atoms with E-state index in [0.717, 1.165) is 36.0 Å². The molecular formula is C10H11N5OS. The molecule has 0 bridgehead atoms. The molecule has 0 aliphatic heterocycles. The Bertz CT molecular complexity index is 556. The standard InChI is InChI=1S/C10H11N5OS/c1(9-12-7-16-14-9)2-11-5-8-6-15-3-4-17-10(15)13-8/h3-4,6-7,11H,1-2,5H2. The molecule has 3 aromatic heterocycles. The summed E-state index contributed by atoms with van der Waals surface area (Å²) in [4.78, 5) is 9.46. The molecule has 0 aliphatic carbocycles. The lowest BCUT2D eigenvalue weighted by atomic mass is 10.4. The van der Waals surface area contributed by atoms with Crippen LogP contribution in [0.5, 0.6) is 0 Å². The van der Waals surface area contributed by atoms with Gasteiger partial charge in [0.05, 0.1) is 5.69 Å². The first kappa shape index (κ1) is 10.4. The Hall–Kier alpha value is -1.73. The fourth-order valence-corrected chi connectivity index (χ4v) is 2.30. The molecular weight excluding hydrogens is 238 g/mol. The van der Waals surface area contributed by atoms with Gasteiger partial charge < -0.3 is 9.84 Å². The Morgan fingerprint density at radius 1 is 1.47 bits per heavy atom. The Labute approximate surface area is 101 Å². The van der Waals surface area contributed by atoms with Crippen molar-refractivity contribution in [2.45, 2.75) is 13.0 Å². The van der Waals surface area contributed by atoms with E-state index in [1.165, 1.54) is 6.39 Å².